The number of nitrogens with zero attached hydrogens (tertiary/aromatic N) is 1. The zero-order valence-corrected chi connectivity index (χ0v) is 12.4. The molecule has 0 heterocycles. The van der Waals surface area contributed by atoms with Crippen LogP contribution in [0.25, 0.3) is 10.8 Å². The molecule has 1 amide bonds. The smallest absolute Gasteiger partial charge is 0.295 e. The Balaban J connectivity index is 1.95. The van der Waals surface area contributed by atoms with E-state index >= 15 is 0 Å². The van der Waals surface area contributed by atoms with Crippen LogP contribution in [0.4, 0.5) is 11.4 Å². The molecule has 0 aliphatic carbocycles. The molecule has 0 fully saturated rings. The molecular formula is C18H14N2O3. The van der Waals surface area contributed by atoms with Gasteiger partial charge >= 0.3 is 0 Å². The number of carbonyl (C=O) groups excluding carboxylic acids is 1. The lowest BCUT2D eigenvalue weighted by Crippen LogP contribution is -2.13. The van der Waals surface area contributed by atoms with Gasteiger partial charge in [-0.15, -0.1) is 0 Å². The van der Waals surface area contributed by atoms with E-state index in [4.69, 9.17) is 0 Å². The van der Waals surface area contributed by atoms with Crippen molar-refractivity contribution in [3.8, 4) is 0 Å². The van der Waals surface area contributed by atoms with Crippen LogP contribution in [0, 0.1) is 17.0 Å². The molecule has 0 radical (unpaired) electrons. The molecule has 0 aliphatic rings. The van der Waals surface area contributed by atoms with Gasteiger partial charge < -0.3 is 5.32 Å². The third-order valence-electron chi connectivity index (χ3n) is 3.68. The highest BCUT2D eigenvalue weighted by molar-refractivity contribution is 6.07. The number of hydrogen-bond acceptors (Lipinski definition) is 3. The zero-order chi connectivity index (χ0) is 16.4. The highest BCUT2D eigenvalue weighted by Crippen LogP contribution is 2.28. The van der Waals surface area contributed by atoms with Gasteiger partial charge in [-0.2, -0.15) is 0 Å². The van der Waals surface area contributed by atoms with Gasteiger partial charge in [0.25, 0.3) is 11.6 Å². The second kappa shape index (κ2) is 5.88. The Bertz CT molecular complexity index is 919. The van der Waals surface area contributed by atoms with Crippen LogP contribution >= 0.6 is 0 Å². The van der Waals surface area contributed by atoms with Gasteiger partial charge in [-0.05, 0) is 35.9 Å². The van der Waals surface area contributed by atoms with Crippen molar-refractivity contribution in [1.82, 2.24) is 0 Å². The average molecular weight is 306 g/mol. The molecule has 0 aliphatic heterocycles. The normalized spacial score (nSPS) is 10.5. The number of benzene rings is 3. The number of nitro benzene ring substituents is 1. The Kier molecular flexibility index (Phi) is 3.76. The molecule has 0 atom stereocenters. The summed E-state index contributed by atoms with van der Waals surface area (Å²) in [5, 5.41) is 15.8. The van der Waals surface area contributed by atoms with Gasteiger partial charge in [0.15, 0.2) is 0 Å². The van der Waals surface area contributed by atoms with E-state index in [0.29, 0.717) is 11.1 Å². The third kappa shape index (κ3) is 2.89. The number of anilines is 1. The van der Waals surface area contributed by atoms with E-state index in [1.54, 1.807) is 31.2 Å². The first kappa shape index (κ1) is 14.7. The lowest BCUT2D eigenvalue weighted by molar-refractivity contribution is -0.384. The molecule has 0 saturated heterocycles. The van der Waals surface area contributed by atoms with Gasteiger partial charge in [-0.1, -0.05) is 42.5 Å². The first-order chi connectivity index (χ1) is 11.1. The molecular weight excluding hydrogens is 292 g/mol. The molecule has 23 heavy (non-hydrogen) atoms. The minimum atomic E-state index is -0.481. The number of para-hydroxylation sites is 1. The van der Waals surface area contributed by atoms with Crippen LogP contribution in [0.5, 0.6) is 0 Å². The summed E-state index contributed by atoms with van der Waals surface area (Å²) in [5.41, 5.74) is 1.08. The van der Waals surface area contributed by atoms with Crippen molar-refractivity contribution in [3.63, 3.8) is 0 Å². The standard InChI is InChI=1S/C18H14N2O3/c1-12-5-4-8-16(17(12)20(22)23)19-18(21)15-10-9-13-6-2-3-7-14(13)11-15/h2-11H,1H3,(H,19,21). The number of carbonyl (C=O) groups is 1. The molecule has 5 heteroatoms. The molecule has 0 spiro atoms. The van der Waals surface area contributed by atoms with E-state index in [9.17, 15) is 14.9 Å². The predicted molar refractivity (Wildman–Crippen MR) is 89.7 cm³/mol. The van der Waals surface area contributed by atoms with Crippen LogP contribution in [-0.4, -0.2) is 10.8 Å². The van der Waals surface area contributed by atoms with E-state index in [0.717, 1.165) is 10.8 Å². The van der Waals surface area contributed by atoms with Crippen molar-refractivity contribution in [3.05, 3.63) is 81.9 Å². The fourth-order valence-corrected chi connectivity index (χ4v) is 2.53. The van der Waals surface area contributed by atoms with Gasteiger partial charge in [0.2, 0.25) is 0 Å². The summed E-state index contributed by atoms with van der Waals surface area (Å²) in [4.78, 5) is 23.1. The molecule has 0 saturated carbocycles. The highest BCUT2D eigenvalue weighted by atomic mass is 16.6. The fourth-order valence-electron chi connectivity index (χ4n) is 2.53. The Labute approximate surface area is 132 Å². The van der Waals surface area contributed by atoms with Gasteiger partial charge in [0.05, 0.1) is 4.92 Å². The molecule has 0 bridgehead atoms. The summed E-state index contributed by atoms with van der Waals surface area (Å²) in [6.07, 6.45) is 0. The number of aryl methyl sites for hydroxylation is 1. The van der Waals surface area contributed by atoms with Gasteiger partial charge in [0.1, 0.15) is 5.69 Å². The number of rotatable bonds is 3. The SMILES string of the molecule is Cc1cccc(NC(=O)c2ccc3ccccc3c2)c1[N+](=O)[O-]. The number of amides is 1. The molecule has 3 aromatic rings. The zero-order valence-electron chi connectivity index (χ0n) is 12.4. The van der Waals surface area contributed by atoms with E-state index in [2.05, 4.69) is 5.32 Å². The fraction of sp³-hybridized carbons (Fsp3) is 0.0556. The highest BCUT2D eigenvalue weighted by Gasteiger charge is 2.19. The van der Waals surface area contributed by atoms with Crippen LogP contribution in [0.2, 0.25) is 0 Å². The maximum atomic E-state index is 12.4. The molecule has 3 rings (SSSR count). The molecule has 0 unspecified atom stereocenters. The minimum absolute atomic E-state index is 0.0818. The van der Waals surface area contributed by atoms with E-state index < -0.39 is 4.92 Å². The summed E-state index contributed by atoms with van der Waals surface area (Å²) < 4.78 is 0. The summed E-state index contributed by atoms with van der Waals surface area (Å²) in [6.45, 7) is 1.64. The largest absolute Gasteiger partial charge is 0.316 e. The molecule has 0 aromatic heterocycles. The first-order valence-electron chi connectivity index (χ1n) is 7.10. The Morgan fingerprint density at radius 2 is 1.74 bits per heavy atom. The van der Waals surface area contributed by atoms with Gasteiger partial charge in [-0.3, -0.25) is 14.9 Å². The maximum Gasteiger partial charge on any atom is 0.295 e. The number of nitro groups is 1. The van der Waals surface area contributed by atoms with Gasteiger partial charge in [-0.25, -0.2) is 0 Å². The Hall–Kier alpha value is -3.21. The minimum Gasteiger partial charge on any atom is -0.316 e. The van der Waals surface area contributed by atoms with Crippen LogP contribution in [0.15, 0.2) is 60.7 Å². The summed E-state index contributed by atoms with van der Waals surface area (Å²) >= 11 is 0. The maximum absolute atomic E-state index is 12.4. The number of nitrogens with one attached hydrogen (secondary N) is 1. The quantitative estimate of drug-likeness (QED) is 0.579. The van der Waals surface area contributed by atoms with Gasteiger partial charge in [0, 0.05) is 11.1 Å². The van der Waals surface area contributed by atoms with Crippen LogP contribution in [-0.2, 0) is 0 Å². The second-order valence-electron chi connectivity index (χ2n) is 5.24. The summed E-state index contributed by atoms with van der Waals surface area (Å²) in [5.74, 6) is -0.371. The lowest BCUT2D eigenvalue weighted by Gasteiger charge is -2.08. The van der Waals surface area contributed by atoms with Crippen LogP contribution in [0.3, 0.4) is 0 Å². The van der Waals surface area contributed by atoms with E-state index in [1.165, 1.54) is 6.07 Å². The van der Waals surface area contributed by atoms with Crippen molar-refractivity contribution in [2.24, 2.45) is 0 Å². The van der Waals surface area contributed by atoms with Crippen molar-refractivity contribution < 1.29 is 9.72 Å². The molecule has 114 valence electrons. The molecule has 3 aromatic carbocycles. The van der Waals surface area contributed by atoms with E-state index in [1.807, 2.05) is 30.3 Å². The third-order valence-corrected chi connectivity index (χ3v) is 3.68. The number of hydrogen-bond donors (Lipinski definition) is 1. The van der Waals surface area contributed by atoms with E-state index in [-0.39, 0.29) is 17.3 Å². The van der Waals surface area contributed by atoms with Crippen LogP contribution in [0.1, 0.15) is 15.9 Å². The first-order valence-corrected chi connectivity index (χ1v) is 7.10. The average Bonchev–Trinajstić information content (AvgIpc) is 2.54. The Morgan fingerprint density at radius 3 is 2.48 bits per heavy atom. The topological polar surface area (TPSA) is 72.2 Å². The monoisotopic (exact) mass is 306 g/mol. The van der Waals surface area contributed by atoms with Crippen LogP contribution < -0.4 is 5.32 Å². The summed E-state index contributed by atoms with van der Waals surface area (Å²) in [6, 6.07) is 17.9. The molecule has 5 nitrogen and oxygen atoms in total. The Morgan fingerprint density at radius 1 is 1.00 bits per heavy atom. The van der Waals surface area contributed by atoms with Crippen molar-refractivity contribution in [2.45, 2.75) is 6.92 Å². The second-order valence-corrected chi connectivity index (χ2v) is 5.24. The van der Waals surface area contributed by atoms with Crippen molar-refractivity contribution in [2.75, 3.05) is 5.32 Å². The van der Waals surface area contributed by atoms with Crippen molar-refractivity contribution >= 4 is 28.1 Å². The summed E-state index contributed by atoms with van der Waals surface area (Å²) in [7, 11) is 0. The molecule has 1 N–H and O–H groups in total. The van der Waals surface area contributed by atoms with Crippen molar-refractivity contribution in [1.29, 1.82) is 0 Å². The number of fused-ring (bicyclic) bond motifs is 1. The predicted octanol–water partition coefficient (Wildman–Crippen LogP) is 4.31. The lowest BCUT2D eigenvalue weighted by atomic mass is 10.1.